The van der Waals surface area contributed by atoms with E-state index in [2.05, 4.69) is 24.3 Å². The Morgan fingerprint density at radius 2 is 1.71 bits per heavy atom. The maximum Gasteiger partial charge on any atom is 0.152 e. The van der Waals surface area contributed by atoms with Crippen LogP contribution in [-0.2, 0) is 23.9 Å². The number of benzene rings is 1. The Kier molecular flexibility index (Phi) is 7.08. The predicted octanol–water partition coefficient (Wildman–Crippen LogP) is 2.12. The van der Waals surface area contributed by atoms with E-state index >= 15 is 0 Å². The minimum atomic E-state index is -1.65. The van der Waals surface area contributed by atoms with Gasteiger partial charge in [-0.2, -0.15) is 0 Å². The Balaban J connectivity index is 0.000000185. The third kappa shape index (κ3) is 5.96. The highest BCUT2D eigenvalue weighted by molar-refractivity contribution is 7.79. The molecule has 3 N–H and O–H groups in total. The summed E-state index contributed by atoms with van der Waals surface area (Å²) < 4.78 is 17.9. The fourth-order valence-corrected chi connectivity index (χ4v) is 2.30. The lowest BCUT2D eigenvalue weighted by Gasteiger charge is -2.13. The molecule has 0 aliphatic heterocycles. The van der Waals surface area contributed by atoms with Gasteiger partial charge in [0, 0.05) is 0 Å². The van der Waals surface area contributed by atoms with Gasteiger partial charge in [-0.05, 0) is 49.8 Å². The van der Waals surface area contributed by atoms with Crippen molar-refractivity contribution in [2.24, 2.45) is 5.73 Å². The molecule has 4 heteroatoms. The number of nitrogens with two attached hydrogens (primary N) is 1. The van der Waals surface area contributed by atoms with Crippen molar-refractivity contribution >= 4 is 11.1 Å². The molecule has 3 nitrogen and oxygen atoms in total. The van der Waals surface area contributed by atoms with Crippen LogP contribution < -0.4 is 5.73 Å². The quantitative estimate of drug-likeness (QED) is 0.813. The Hall–Kier alpha value is -0.710. The SMILES string of the molecule is NCCCS(=O)O.c1ccc2c(c1)CCCC2. The molecule has 1 aromatic rings. The molecule has 0 saturated carbocycles. The molecule has 1 unspecified atom stereocenters. The van der Waals surface area contributed by atoms with Gasteiger partial charge in [0.25, 0.3) is 0 Å². The summed E-state index contributed by atoms with van der Waals surface area (Å²) in [6, 6.07) is 8.80. The molecule has 0 saturated heterocycles. The van der Waals surface area contributed by atoms with Gasteiger partial charge in [0.05, 0.1) is 5.75 Å². The van der Waals surface area contributed by atoms with E-state index in [9.17, 15) is 4.21 Å². The molecule has 96 valence electrons. The third-order valence-electron chi connectivity index (χ3n) is 2.78. The number of fused-ring (bicyclic) bond motifs is 1. The van der Waals surface area contributed by atoms with Crippen LogP contribution in [0.3, 0.4) is 0 Å². The Morgan fingerprint density at radius 3 is 2.06 bits per heavy atom. The summed E-state index contributed by atoms with van der Waals surface area (Å²) >= 11 is -1.65. The lowest BCUT2D eigenvalue weighted by molar-refractivity contribution is 0.562. The predicted molar refractivity (Wildman–Crippen MR) is 72.4 cm³/mol. The highest BCUT2D eigenvalue weighted by atomic mass is 32.2. The van der Waals surface area contributed by atoms with E-state index in [1.807, 2.05) is 0 Å². The third-order valence-corrected chi connectivity index (χ3v) is 3.42. The Morgan fingerprint density at radius 1 is 1.18 bits per heavy atom. The first-order valence-electron chi connectivity index (χ1n) is 6.08. The van der Waals surface area contributed by atoms with Crippen LogP contribution >= 0.6 is 0 Å². The number of hydrogen-bond donors (Lipinski definition) is 2. The van der Waals surface area contributed by atoms with Crippen molar-refractivity contribution in [1.29, 1.82) is 0 Å². The van der Waals surface area contributed by atoms with Gasteiger partial charge >= 0.3 is 0 Å². The van der Waals surface area contributed by atoms with Crippen molar-refractivity contribution < 1.29 is 8.76 Å². The van der Waals surface area contributed by atoms with Crippen LogP contribution in [0.1, 0.15) is 30.4 Å². The van der Waals surface area contributed by atoms with E-state index in [-0.39, 0.29) is 0 Å². The second-order valence-electron chi connectivity index (χ2n) is 4.14. The maximum absolute atomic E-state index is 9.81. The van der Waals surface area contributed by atoms with Crippen LogP contribution in [0.15, 0.2) is 24.3 Å². The second kappa shape index (κ2) is 8.39. The first-order valence-corrected chi connectivity index (χ1v) is 7.36. The van der Waals surface area contributed by atoms with E-state index in [0.29, 0.717) is 18.7 Å². The van der Waals surface area contributed by atoms with Crippen molar-refractivity contribution in [2.75, 3.05) is 12.3 Å². The summed E-state index contributed by atoms with van der Waals surface area (Å²) in [6.45, 7) is 0.492. The molecule has 0 aromatic heterocycles. The normalized spacial score (nSPS) is 15.4. The van der Waals surface area contributed by atoms with Crippen LogP contribution in [-0.4, -0.2) is 21.1 Å². The maximum atomic E-state index is 9.81. The monoisotopic (exact) mass is 255 g/mol. The minimum absolute atomic E-state index is 0.302. The summed E-state index contributed by atoms with van der Waals surface area (Å²) in [5.41, 5.74) is 8.19. The van der Waals surface area contributed by atoms with Crippen molar-refractivity contribution in [2.45, 2.75) is 32.1 Å². The average molecular weight is 255 g/mol. The summed E-state index contributed by atoms with van der Waals surface area (Å²) in [4.78, 5) is 0. The van der Waals surface area contributed by atoms with Crippen LogP contribution in [0.25, 0.3) is 0 Å². The molecule has 0 bridgehead atoms. The van der Waals surface area contributed by atoms with Crippen molar-refractivity contribution in [1.82, 2.24) is 0 Å². The lowest BCUT2D eigenvalue weighted by Crippen LogP contribution is -2.04. The zero-order valence-electron chi connectivity index (χ0n) is 10.1. The Labute approximate surface area is 106 Å². The van der Waals surface area contributed by atoms with E-state index < -0.39 is 11.1 Å². The van der Waals surface area contributed by atoms with E-state index in [1.165, 1.54) is 25.7 Å². The van der Waals surface area contributed by atoms with Gasteiger partial charge in [0.2, 0.25) is 0 Å². The first-order chi connectivity index (χ1) is 8.24. The zero-order chi connectivity index (χ0) is 12.5. The van der Waals surface area contributed by atoms with Gasteiger partial charge < -0.3 is 10.3 Å². The molecule has 2 rings (SSSR count). The standard InChI is InChI=1S/C10H12.C3H9NO2S/c1-2-6-10-8-4-3-7-9(10)5-1;4-2-1-3-7(5)6/h1-2,5-6H,3-4,7-8H2;1-4H2,(H,5,6). The topological polar surface area (TPSA) is 63.3 Å². The number of rotatable bonds is 3. The summed E-state index contributed by atoms with van der Waals surface area (Å²) in [5.74, 6) is 0.302. The fourth-order valence-electron chi connectivity index (χ4n) is 1.88. The number of aryl methyl sites for hydroxylation is 2. The molecular formula is C13H21NO2S. The molecule has 0 fully saturated rings. The molecule has 0 radical (unpaired) electrons. The summed E-state index contributed by atoms with van der Waals surface area (Å²) in [6.07, 6.45) is 6.00. The van der Waals surface area contributed by atoms with E-state index in [0.717, 1.165) is 0 Å². The van der Waals surface area contributed by atoms with Gasteiger partial charge in [0.1, 0.15) is 0 Å². The van der Waals surface area contributed by atoms with Crippen molar-refractivity contribution in [3.63, 3.8) is 0 Å². The summed E-state index contributed by atoms with van der Waals surface area (Å²) in [5, 5.41) is 0. The lowest BCUT2D eigenvalue weighted by atomic mass is 9.92. The largest absolute Gasteiger partial charge is 0.330 e. The van der Waals surface area contributed by atoms with Gasteiger partial charge in [-0.25, -0.2) is 4.21 Å². The summed E-state index contributed by atoms with van der Waals surface area (Å²) in [7, 11) is 0. The van der Waals surface area contributed by atoms with Crippen LogP contribution in [0.5, 0.6) is 0 Å². The smallest absolute Gasteiger partial charge is 0.152 e. The minimum Gasteiger partial charge on any atom is -0.330 e. The molecule has 17 heavy (non-hydrogen) atoms. The second-order valence-corrected chi connectivity index (χ2v) is 5.19. The molecule has 1 aliphatic rings. The van der Waals surface area contributed by atoms with Crippen molar-refractivity contribution in [3.05, 3.63) is 35.4 Å². The van der Waals surface area contributed by atoms with Gasteiger partial charge in [-0.1, -0.05) is 24.3 Å². The molecular weight excluding hydrogens is 234 g/mol. The van der Waals surface area contributed by atoms with Crippen LogP contribution in [0.4, 0.5) is 0 Å². The average Bonchev–Trinajstić information content (AvgIpc) is 2.37. The first kappa shape index (κ1) is 14.4. The fraction of sp³-hybridized carbons (Fsp3) is 0.538. The van der Waals surface area contributed by atoms with Crippen molar-refractivity contribution in [3.8, 4) is 0 Å². The Bertz CT molecular complexity index is 330. The van der Waals surface area contributed by atoms with Crippen LogP contribution in [0, 0.1) is 0 Å². The molecule has 0 amide bonds. The highest BCUT2D eigenvalue weighted by Crippen LogP contribution is 2.19. The molecule has 0 spiro atoms. The van der Waals surface area contributed by atoms with E-state index in [4.69, 9.17) is 10.3 Å². The van der Waals surface area contributed by atoms with E-state index in [1.54, 1.807) is 11.1 Å². The highest BCUT2D eigenvalue weighted by Gasteiger charge is 2.05. The van der Waals surface area contributed by atoms with Crippen LogP contribution in [0.2, 0.25) is 0 Å². The number of hydrogen-bond acceptors (Lipinski definition) is 2. The molecule has 0 heterocycles. The molecule has 1 aromatic carbocycles. The van der Waals surface area contributed by atoms with Gasteiger partial charge in [-0.3, -0.25) is 0 Å². The van der Waals surface area contributed by atoms with Gasteiger partial charge in [-0.15, -0.1) is 0 Å². The molecule has 1 atom stereocenters. The van der Waals surface area contributed by atoms with Gasteiger partial charge in [0.15, 0.2) is 11.1 Å². The molecule has 1 aliphatic carbocycles. The zero-order valence-corrected chi connectivity index (χ0v) is 10.9.